The number of nitrogens with one attached hydrogen (secondary N) is 1. The average molecular weight is 332 g/mol. The van der Waals surface area contributed by atoms with Crippen molar-refractivity contribution in [1.29, 1.82) is 0 Å². The molecule has 0 bridgehead atoms. The molecule has 0 spiro atoms. The second-order valence-electron chi connectivity index (χ2n) is 3.10. The second kappa shape index (κ2) is 6.26. The maximum absolute atomic E-state index is 5.25. The second-order valence-corrected chi connectivity index (χ2v) is 4.87. The van der Waals surface area contributed by atoms with E-state index in [0.29, 0.717) is 0 Å². The van der Waals surface area contributed by atoms with Gasteiger partial charge in [-0.1, -0.05) is 0 Å². The van der Waals surface area contributed by atoms with E-state index in [-0.39, 0.29) is 6.04 Å². The van der Waals surface area contributed by atoms with Crippen LogP contribution in [0.1, 0.15) is 24.6 Å². The summed E-state index contributed by atoms with van der Waals surface area (Å²) in [6, 6.07) is 2.19. The van der Waals surface area contributed by atoms with Crippen molar-refractivity contribution in [3.63, 3.8) is 0 Å². The average Bonchev–Trinajstić information content (AvgIpc) is 2.21. The quantitative estimate of drug-likeness (QED) is 0.856. The van der Waals surface area contributed by atoms with E-state index < -0.39 is 0 Å². The smallest absolute Gasteiger partial charge is 0.0715 e. The van der Waals surface area contributed by atoms with Crippen LogP contribution in [0.3, 0.4) is 0 Å². The van der Waals surface area contributed by atoms with Gasteiger partial charge in [0, 0.05) is 21.6 Å². The van der Waals surface area contributed by atoms with Crippen LogP contribution in [0.25, 0.3) is 0 Å². The predicted octanol–water partition coefficient (Wildman–Crippen LogP) is 3.28. The zero-order valence-corrected chi connectivity index (χ0v) is 11.6. The van der Waals surface area contributed by atoms with Crippen LogP contribution in [0.15, 0.2) is 21.2 Å². The summed E-state index contributed by atoms with van der Waals surface area (Å²) in [5.41, 5.74) is 0.996. The van der Waals surface area contributed by atoms with Crippen molar-refractivity contribution < 1.29 is 0 Å². The Kier molecular flexibility index (Phi) is 5.30. The molecule has 0 aliphatic heterocycles. The van der Waals surface area contributed by atoms with Gasteiger partial charge in [-0.3, -0.25) is 4.98 Å². The Morgan fingerprint density at radius 3 is 2.87 bits per heavy atom. The molecule has 80 valence electrons. The number of nitrogens with zero attached hydrogens (tertiary/aromatic N) is 1. The van der Waals surface area contributed by atoms with Crippen LogP contribution in [0.2, 0.25) is 0 Å². The van der Waals surface area contributed by atoms with Crippen molar-refractivity contribution in [3.05, 3.63) is 26.9 Å². The van der Waals surface area contributed by atoms with Crippen LogP contribution in [0.4, 0.5) is 0 Å². The molecule has 1 aromatic heterocycles. The minimum Gasteiger partial charge on any atom is -0.312 e. The zero-order valence-electron chi connectivity index (χ0n) is 8.43. The molecule has 15 heavy (non-hydrogen) atoms. The first-order valence-electron chi connectivity index (χ1n) is 4.60. The van der Waals surface area contributed by atoms with E-state index >= 15 is 0 Å². The summed E-state index contributed by atoms with van der Waals surface area (Å²) >= 11 is 6.87. The molecule has 4 heteroatoms. The fraction of sp³-hybridized carbons (Fsp3) is 0.364. The minimum atomic E-state index is 0.198. The van der Waals surface area contributed by atoms with Gasteiger partial charge < -0.3 is 5.32 Å². The number of halogens is 2. The Labute approximate surface area is 107 Å². The Bertz CT molecular complexity index is 371. The molecule has 0 saturated carbocycles. The molecular formula is C11H12Br2N2. The van der Waals surface area contributed by atoms with Gasteiger partial charge in [-0.15, -0.1) is 12.3 Å². The van der Waals surface area contributed by atoms with Crippen molar-refractivity contribution in [1.82, 2.24) is 10.3 Å². The van der Waals surface area contributed by atoms with E-state index in [1.165, 1.54) is 0 Å². The van der Waals surface area contributed by atoms with Crippen molar-refractivity contribution in [2.24, 2.45) is 0 Å². The monoisotopic (exact) mass is 330 g/mol. The molecule has 0 saturated heterocycles. The maximum Gasteiger partial charge on any atom is 0.0715 e. The van der Waals surface area contributed by atoms with Crippen LogP contribution in [-0.4, -0.2) is 12.0 Å². The number of hydrogen-bond donors (Lipinski definition) is 1. The molecular weight excluding hydrogens is 320 g/mol. The van der Waals surface area contributed by atoms with Gasteiger partial charge in [0.15, 0.2) is 0 Å². The van der Waals surface area contributed by atoms with Gasteiger partial charge in [0.2, 0.25) is 0 Å². The fourth-order valence-electron chi connectivity index (χ4n) is 1.33. The lowest BCUT2D eigenvalue weighted by Gasteiger charge is -2.15. The molecule has 0 amide bonds. The van der Waals surface area contributed by atoms with Crippen molar-refractivity contribution in [2.75, 3.05) is 7.05 Å². The first-order valence-corrected chi connectivity index (χ1v) is 6.19. The largest absolute Gasteiger partial charge is 0.312 e. The van der Waals surface area contributed by atoms with E-state index in [0.717, 1.165) is 27.5 Å². The molecule has 1 aromatic rings. The lowest BCUT2D eigenvalue weighted by atomic mass is 10.1. The molecule has 1 heterocycles. The molecule has 0 radical (unpaired) electrons. The molecule has 0 aliphatic carbocycles. The predicted molar refractivity (Wildman–Crippen MR) is 69.5 cm³/mol. The summed E-state index contributed by atoms with van der Waals surface area (Å²) < 4.78 is 1.96. The van der Waals surface area contributed by atoms with Crippen LogP contribution >= 0.6 is 31.9 Å². The number of aromatic nitrogens is 1. The van der Waals surface area contributed by atoms with Gasteiger partial charge in [-0.05, 0) is 51.4 Å². The molecule has 1 unspecified atom stereocenters. The van der Waals surface area contributed by atoms with E-state index in [1.807, 2.05) is 13.1 Å². The summed E-state index contributed by atoms with van der Waals surface area (Å²) in [7, 11) is 1.91. The van der Waals surface area contributed by atoms with Crippen LogP contribution in [0.5, 0.6) is 0 Å². The zero-order chi connectivity index (χ0) is 11.3. The van der Waals surface area contributed by atoms with Gasteiger partial charge in [0.25, 0.3) is 0 Å². The van der Waals surface area contributed by atoms with Crippen molar-refractivity contribution >= 4 is 31.9 Å². The Hall–Kier alpha value is -0.370. The lowest BCUT2D eigenvalue weighted by Crippen LogP contribution is -2.18. The van der Waals surface area contributed by atoms with Crippen molar-refractivity contribution in [2.45, 2.75) is 18.9 Å². The summed E-state index contributed by atoms with van der Waals surface area (Å²) in [4.78, 5) is 4.38. The van der Waals surface area contributed by atoms with Crippen molar-refractivity contribution in [3.8, 4) is 12.3 Å². The Morgan fingerprint density at radius 1 is 1.60 bits per heavy atom. The van der Waals surface area contributed by atoms with Gasteiger partial charge in [-0.2, -0.15) is 0 Å². The third-order valence-corrected chi connectivity index (χ3v) is 3.16. The van der Waals surface area contributed by atoms with Gasteiger partial charge in [0.05, 0.1) is 11.7 Å². The first kappa shape index (κ1) is 12.7. The number of rotatable bonds is 4. The van der Waals surface area contributed by atoms with Gasteiger partial charge in [-0.25, -0.2) is 0 Å². The number of hydrogen-bond acceptors (Lipinski definition) is 2. The summed E-state index contributed by atoms with van der Waals surface area (Å²) in [5, 5.41) is 3.21. The minimum absolute atomic E-state index is 0.198. The first-order chi connectivity index (χ1) is 7.19. The Balaban J connectivity index is 2.87. The summed E-state index contributed by atoms with van der Waals surface area (Å²) in [6.07, 6.45) is 8.68. The van der Waals surface area contributed by atoms with E-state index in [9.17, 15) is 0 Å². The van der Waals surface area contributed by atoms with Crippen LogP contribution in [-0.2, 0) is 0 Å². The summed E-state index contributed by atoms with van der Waals surface area (Å²) in [5.74, 6) is 2.64. The number of terminal acetylenes is 1. The lowest BCUT2D eigenvalue weighted by molar-refractivity contribution is 0.542. The third-order valence-electron chi connectivity index (χ3n) is 2.09. The third kappa shape index (κ3) is 3.60. The fourth-order valence-corrected chi connectivity index (χ4v) is 2.59. The number of pyridine rings is 1. The molecule has 1 atom stereocenters. The van der Waals surface area contributed by atoms with Gasteiger partial charge in [0.1, 0.15) is 0 Å². The highest BCUT2D eigenvalue weighted by Gasteiger charge is 2.13. The molecule has 2 nitrogen and oxygen atoms in total. The molecule has 0 fully saturated rings. The standard InChI is InChI=1S/C11H12Br2N2/c1-3-4-5-10(14-2)11-9(13)6-8(12)7-15-11/h1,6-7,10,14H,4-5H2,2H3. The maximum atomic E-state index is 5.25. The van der Waals surface area contributed by atoms with E-state index in [1.54, 1.807) is 6.20 Å². The molecule has 1 N–H and O–H groups in total. The highest BCUT2D eigenvalue weighted by molar-refractivity contribution is 9.11. The van der Waals surface area contributed by atoms with Crippen LogP contribution in [0, 0.1) is 12.3 Å². The highest BCUT2D eigenvalue weighted by atomic mass is 79.9. The van der Waals surface area contributed by atoms with Gasteiger partial charge >= 0.3 is 0 Å². The van der Waals surface area contributed by atoms with E-state index in [2.05, 4.69) is 48.1 Å². The molecule has 1 rings (SSSR count). The topological polar surface area (TPSA) is 24.9 Å². The Morgan fingerprint density at radius 2 is 2.33 bits per heavy atom. The summed E-state index contributed by atoms with van der Waals surface area (Å²) in [6.45, 7) is 0. The van der Waals surface area contributed by atoms with Crippen LogP contribution < -0.4 is 5.32 Å². The normalized spacial score (nSPS) is 12.1. The SMILES string of the molecule is C#CCCC(NC)c1ncc(Br)cc1Br. The highest BCUT2D eigenvalue weighted by Crippen LogP contribution is 2.26. The molecule has 0 aromatic carbocycles. The van der Waals surface area contributed by atoms with E-state index in [4.69, 9.17) is 6.42 Å². The molecule has 0 aliphatic rings.